The first-order chi connectivity index (χ1) is 13.4. The van der Waals surface area contributed by atoms with Crippen molar-refractivity contribution in [3.8, 4) is 34.3 Å². The summed E-state index contributed by atoms with van der Waals surface area (Å²) in [6.07, 6.45) is 0. The third kappa shape index (κ3) is 4.93. The van der Waals surface area contributed by atoms with Crippen molar-refractivity contribution in [2.75, 3.05) is 26.2 Å². The molecule has 0 saturated heterocycles. The van der Waals surface area contributed by atoms with E-state index in [9.17, 15) is 20.1 Å². The maximum absolute atomic E-state index is 12.5. The van der Waals surface area contributed by atoms with Crippen LogP contribution >= 0.6 is 12.4 Å². The molecule has 0 atom stereocenters. The Bertz CT molecular complexity index is 1050. The Hall–Kier alpha value is -2.90. The SMILES string of the molecule is CCN(CC)CCOc1cc(O)c2c(=O)cc(-c3ccc(O)c(O)c3)oc2c1.Cl. The second-order valence-corrected chi connectivity index (χ2v) is 6.37. The molecule has 8 heteroatoms. The van der Waals surface area contributed by atoms with E-state index in [1.165, 1.54) is 30.3 Å². The van der Waals surface area contributed by atoms with Crippen molar-refractivity contribution >= 4 is 23.4 Å². The molecule has 3 aromatic rings. The van der Waals surface area contributed by atoms with Crippen LogP contribution in [0, 0.1) is 0 Å². The molecule has 0 unspecified atom stereocenters. The van der Waals surface area contributed by atoms with Crippen LogP contribution in [0.15, 0.2) is 45.6 Å². The summed E-state index contributed by atoms with van der Waals surface area (Å²) in [5, 5.41) is 29.4. The van der Waals surface area contributed by atoms with E-state index in [2.05, 4.69) is 18.7 Å². The first kappa shape index (κ1) is 22.4. The van der Waals surface area contributed by atoms with Gasteiger partial charge in [0.15, 0.2) is 16.9 Å². The molecule has 0 aliphatic heterocycles. The van der Waals surface area contributed by atoms with Crippen molar-refractivity contribution in [2.45, 2.75) is 13.8 Å². The smallest absolute Gasteiger partial charge is 0.197 e. The number of benzene rings is 2. The van der Waals surface area contributed by atoms with Crippen LogP contribution in [0.3, 0.4) is 0 Å². The molecule has 0 radical (unpaired) electrons. The molecule has 2 aromatic carbocycles. The monoisotopic (exact) mass is 421 g/mol. The highest BCUT2D eigenvalue weighted by Gasteiger charge is 2.14. The molecule has 3 rings (SSSR count). The zero-order valence-electron chi connectivity index (χ0n) is 16.2. The van der Waals surface area contributed by atoms with Gasteiger partial charge in [-0.25, -0.2) is 0 Å². The summed E-state index contributed by atoms with van der Waals surface area (Å²) in [7, 11) is 0. The minimum Gasteiger partial charge on any atom is -0.507 e. The number of hydrogen-bond donors (Lipinski definition) is 3. The number of aromatic hydroxyl groups is 3. The van der Waals surface area contributed by atoms with E-state index < -0.39 is 5.43 Å². The molecule has 0 bridgehead atoms. The van der Waals surface area contributed by atoms with E-state index in [1.807, 2.05) is 0 Å². The van der Waals surface area contributed by atoms with Gasteiger partial charge in [-0.15, -0.1) is 12.4 Å². The van der Waals surface area contributed by atoms with E-state index in [4.69, 9.17) is 9.15 Å². The summed E-state index contributed by atoms with van der Waals surface area (Å²) >= 11 is 0. The predicted molar refractivity (Wildman–Crippen MR) is 113 cm³/mol. The minimum absolute atomic E-state index is 0. The molecule has 0 saturated carbocycles. The van der Waals surface area contributed by atoms with Gasteiger partial charge in [0.1, 0.15) is 34.8 Å². The van der Waals surface area contributed by atoms with Crippen LogP contribution in [0.5, 0.6) is 23.0 Å². The molecule has 0 spiro atoms. The highest BCUT2D eigenvalue weighted by molar-refractivity contribution is 5.86. The van der Waals surface area contributed by atoms with Gasteiger partial charge in [-0.1, -0.05) is 13.8 Å². The molecule has 156 valence electrons. The van der Waals surface area contributed by atoms with Crippen molar-refractivity contribution in [1.82, 2.24) is 4.90 Å². The number of likely N-dealkylation sites (N-methyl/N-ethyl adjacent to an activating group) is 1. The van der Waals surface area contributed by atoms with E-state index in [1.54, 1.807) is 6.07 Å². The summed E-state index contributed by atoms with van der Waals surface area (Å²) in [5.74, 6) is -0.215. The van der Waals surface area contributed by atoms with Gasteiger partial charge in [0, 0.05) is 30.3 Å². The van der Waals surface area contributed by atoms with Gasteiger partial charge in [0.05, 0.1) is 0 Å². The number of ether oxygens (including phenoxy) is 1. The van der Waals surface area contributed by atoms with Gasteiger partial charge >= 0.3 is 0 Å². The highest BCUT2D eigenvalue weighted by atomic mass is 35.5. The molecule has 3 N–H and O–H groups in total. The topological polar surface area (TPSA) is 103 Å². The molecule has 1 heterocycles. The maximum atomic E-state index is 12.5. The molecule has 0 amide bonds. The van der Waals surface area contributed by atoms with Crippen molar-refractivity contribution in [2.24, 2.45) is 0 Å². The standard InChI is InChI=1S/C21H23NO6.ClH/c1-3-22(4-2)7-8-27-14-10-17(25)21-18(26)12-19(28-20(21)11-14)13-5-6-15(23)16(24)9-13;/h5-6,9-12,23-25H,3-4,7-8H2,1-2H3;1H. The van der Waals surface area contributed by atoms with Crippen LogP contribution in [0.25, 0.3) is 22.3 Å². The van der Waals surface area contributed by atoms with Crippen LogP contribution in [0.2, 0.25) is 0 Å². The van der Waals surface area contributed by atoms with E-state index in [0.717, 1.165) is 19.6 Å². The lowest BCUT2D eigenvalue weighted by Crippen LogP contribution is -2.27. The highest BCUT2D eigenvalue weighted by Crippen LogP contribution is 2.34. The number of phenols is 3. The second kappa shape index (κ2) is 9.54. The summed E-state index contributed by atoms with van der Waals surface area (Å²) in [6.45, 7) is 7.15. The Balaban J connectivity index is 0.00000300. The lowest BCUT2D eigenvalue weighted by atomic mass is 10.1. The van der Waals surface area contributed by atoms with Gasteiger partial charge in [-0.2, -0.15) is 0 Å². The molecular weight excluding hydrogens is 398 g/mol. The second-order valence-electron chi connectivity index (χ2n) is 6.37. The number of nitrogens with zero attached hydrogens (tertiary/aromatic N) is 1. The first-order valence-corrected chi connectivity index (χ1v) is 9.11. The molecule has 0 aliphatic rings. The van der Waals surface area contributed by atoms with Crippen molar-refractivity contribution < 1.29 is 24.5 Å². The molecule has 1 aromatic heterocycles. The van der Waals surface area contributed by atoms with E-state index in [-0.39, 0.29) is 46.4 Å². The number of phenolic OH excluding ortho intramolecular Hbond substituents is 3. The van der Waals surface area contributed by atoms with Gasteiger partial charge in [0.25, 0.3) is 0 Å². The summed E-state index contributed by atoms with van der Waals surface area (Å²) in [4.78, 5) is 14.7. The fourth-order valence-corrected chi connectivity index (χ4v) is 2.98. The van der Waals surface area contributed by atoms with Gasteiger partial charge < -0.3 is 29.4 Å². The molecule has 0 aliphatic carbocycles. The van der Waals surface area contributed by atoms with Crippen LogP contribution in [-0.2, 0) is 0 Å². The Morgan fingerprint density at radius 2 is 1.69 bits per heavy atom. The van der Waals surface area contributed by atoms with Gasteiger partial charge in [-0.05, 0) is 31.3 Å². The summed E-state index contributed by atoms with van der Waals surface area (Å²) in [5.41, 5.74) is 0.172. The molecule has 29 heavy (non-hydrogen) atoms. The predicted octanol–water partition coefficient (Wildman–Crippen LogP) is 3.72. The van der Waals surface area contributed by atoms with Crippen molar-refractivity contribution in [3.63, 3.8) is 0 Å². The first-order valence-electron chi connectivity index (χ1n) is 9.11. The van der Waals surface area contributed by atoms with E-state index >= 15 is 0 Å². The van der Waals surface area contributed by atoms with Crippen molar-refractivity contribution in [3.05, 3.63) is 46.6 Å². The normalized spacial score (nSPS) is 10.9. The maximum Gasteiger partial charge on any atom is 0.197 e. The largest absolute Gasteiger partial charge is 0.507 e. The quantitative estimate of drug-likeness (QED) is 0.499. The van der Waals surface area contributed by atoms with Crippen LogP contribution in [-0.4, -0.2) is 46.5 Å². The minimum atomic E-state index is -0.420. The third-order valence-electron chi connectivity index (χ3n) is 4.61. The number of fused-ring (bicyclic) bond motifs is 1. The van der Waals surface area contributed by atoms with Gasteiger partial charge in [-0.3, -0.25) is 4.79 Å². The fraction of sp³-hybridized carbons (Fsp3) is 0.286. The Labute approximate surface area is 174 Å². The lowest BCUT2D eigenvalue weighted by Gasteiger charge is -2.18. The lowest BCUT2D eigenvalue weighted by molar-refractivity contribution is 0.222. The number of rotatable bonds is 7. The fourth-order valence-electron chi connectivity index (χ4n) is 2.98. The summed E-state index contributed by atoms with van der Waals surface area (Å²) < 4.78 is 11.5. The molecule has 0 fully saturated rings. The van der Waals surface area contributed by atoms with Crippen LogP contribution in [0.1, 0.15) is 13.8 Å². The van der Waals surface area contributed by atoms with Crippen LogP contribution < -0.4 is 10.2 Å². The average Bonchev–Trinajstić information content (AvgIpc) is 2.66. The Morgan fingerprint density at radius 1 is 0.966 bits per heavy atom. The van der Waals surface area contributed by atoms with Crippen molar-refractivity contribution in [1.29, 1.82) is 0 Å². The Kier molecular flexibility index (Phi) is 7.36. The number of halogens is 1. The zero-order chi connectivity index (χ0) is 20.3. The number of hydrogen-bond acceptors (Lipinski definition) is 7. The van der Waals surface area contributed by atoms with E-state index in [0.29, 0.717) is 17.9 Å². The third-order valence-corrected chi connectivity index (χ3v) is 4.61. The van der Waals surface area contributed by atoms with Crippen LogP contribution in [0.4, 0.5) is 0 Å². The molecule has 7 nitrogen and oxygen atoms in total. The average molecular weight is 422 g/mol. The Morgan fingerprint density at radius 3 is 2.34 bits per heavy atom. The zero-order valence-corrected chi connectivity index (χ0v) is 17.0. The summed E-state index contributed by atoms with van der Waals surface area (Å²) in [6, 6.07) is 8.30. The van der Waals surface area contributed by atoms with Gasteiger partial charge in [0.2, 0.25) is 0 Å². The molecular formula is C21H24ClNO6.